The zero-order valence-electron chi connectivity index (χ0n) is 13.4. The molecule has 0 fully saturated rings. The average Bonchev–Trinajstić information content (AvgIpc) is 2.51. The number of alkyl halides is 3. The van der Waals surface area contributed by atoms with Gasteiger partial charge in [0.15, 0.2) is 0 Å². The fourth-order valence-corrected chi connectivity index (χ4v) is 2.27. The Morgan fingerprint density at radius 1 is 1.00 bits per heavy atom. The van der Waals surface area contributed by atoms with Crippen molar-refractivity contribution < 1.29 is 22.6 Å². The van der Waals surface area contributed by atoms with Crippen molar-refractivity contribution in [1.82, 2.24) is 0 Å². The first-order chi connectivity index (χ1) is 11.4. The maximum atomic E-state index is 12.2. The second-order valence-electron chi connectivity index (χ2n) is 5.38. The third-order valence-corrected chi connectivity index (χ3v) is 3.41. The van der Waals surface area contributed by atoms with Gasteiger partial charge in [0.1, 0.15) is 11.5 Å². The molecule has 0 aliphatic heterocycles. The largest absolute Gasteiger partial charge is 0.573 e. The Morgan fingerprint density at radius 2 is 1.71 bits per heavy atom. The number of nitrogens with two attached hydrogens (primary N) is 1. The van der Waals surface area contributed by atoms with E-state index in [2.05, 4.69) is 11.7 Å². The standard InChI is InChI=1S/C18H20F3NO2/c1-2-3-4-11-23-17-12-14(22)7-10-16(17)13-5-8-15(9-6-13)24-18(19,20)21/h5-10,12H,2-4,11,22H2,1H3. The molecule has 0 aliphatic rings. The maximum absolute atomic E-state index is 12.2. The second-order valence-corrected chi connectivity index (χ2v) is 5.38. The number of nitrogen functional groups attached to an aromatic ring is 1. The molecule has 0 unspecified atom stereocenters. The van der Waals surface area contributed by atoms with Gasteiger partial charge in [-0.3, -0.25) is 0 Å². The summed E-state index contributed by atoms with van der Waals surface area (Å²) in [6.07, 6.45) is -1.60. The Bertz CT molecular complexity index is 654. The number of hydrogen-bond acceptors (Lipinski definition) is 3. The van der Waals surface area contributed by atoms with Gasteiger partial charge in [-0.1, -0.05) is 31.9 Å². The van der Waals surface area contributed by atoms with Gasteiger partial charge in [0.2, 0.25) is 0 Å². The topological polar surface area (TPSA) is 44.5 Å². The maximum Gasteiger partial charge on any atom is 0.573 e. The molecule has 0 heterocycles. The van der Waals surface area contributed by atoms with Crippen molar-refractivity contribution in [1.29, 1.82) is 0 Å². The van der Waals surface area contributed by atoms with Crippen LogP contribution in [-0.2, 0) is 0 Å². The third-order valence-electron chi connectivity index (χ3n) is 3.41. The Labute approximate surface area is 139 Å². The van der Waals surface area contributed by atoms with Crippen LogP contribution in [0.1, 0.15) is 26.2 Å². The number of halogens is 3. The summed E-state index contributed by atoms with van der Waals surface area (Å²) in [6, 6.07) is 10.9. The van der Waals surface area contributed by atoms with E-state index in [0.717, 1.165) is 30.4 Å². The highest BCUT2D eigenvalue weighted by Gasteiger charge is 2.31. The van der Waals surface area contributed by atoms with E-state index in [1.54, 1.807) is 30.3 Å². The number of anilines is 1. The van der Waals surface area contributed by atoms with E-state index in [9.17, 15) is 13.2 Å². The van der Waals surface area contributed by atoms with Crippen LogP contribution in [0.5, 0.6) is 11.5 Å². The Kier molecular flexibility index (Phi) is 5.95. The molecule has 0 saturated carbocycles. The van der Waals surface area contributed by atoms with Crippen molar-refractivity contribution in [3.05, 3.63) is 42.5 Å². The average molecular weight is 339 g/mol. The molecule has 0 spiro atoms. The summed E-state index contributed by atoms with van der Waals surface area (Å²) in [5.41, 5.74) is 7.88. The van der Waals surface area contributed by atoms with Crippen LogP contribution in [-0.4, -0.2) is 13.0 Å². The molecule has 2 N–H and O–H groups in total. The van der Waals surface area contributed by atoms with E-state index in [4.69, 9.17) is 10.5 Å². The van der Waals surface area contributed by atoms with Crippen LogP contribution in [0.25, 0.3) is 11.1 Å². The van der Waals surface area contributed by atoms with Crippen molar-refractivity contribution in [2.45, 2.75) is 32.5 Å². The lowest BCUT2D eigenvalue weighted by molar-refractivity contribution is -0.274. The SMILES string of the molecule is CCCCCOc1cc(N)ccc1-c1ccc(OC(F)(F)F)cc1. The molecule has 130 valence electrons. The summed E-state index contributed by atoms with van der Waals surface area (Å²) >= 11 is 0. The van der Waals surface area contributed by atoms with Gasteiger partial charge in [0.25, 0.3) is 0 Å². The first kappa shape index (κ1) is 18.0. The van der Waals surface area contributed by atoms with Crippen molar-refractivity contribution >= 4 is 5.69 Å². The minimum absolute atomic E-state index is 0.257. The van der Waals surface area contributed by atoms with E-state index in [1.807, 2.05) is 0 Å². The fraction of sp³-hybridized carbons (Fsp3) is 0.333. The van der Waals surface area contributed by atoms with Crippen LogP contribution in [0.3, 0.4) is 0 Å². The summed E-state index contributed by atoms with van der Waals surface area (Å²) in [5, 5.41) is 0. The molecule has 0 bridgehead atoms. The van der Waals surface area contributed by atoms with E-state index in [0.29, 0.717) is 18.0 Å². The molecule has 0 saturated heterocycles. The smallest absolute Gasteiger partial charge is 0.493 e. The predicted molar refractivity (Wildman–Crippen MR) is 88.0 cm³/mol. The quantitative estimate of drug-likeness (QED) is 0.542. The van der Waals surface area contributed by atoms with Crippen molar-refractivity contribution in [2.24, 2.45) is 0 Å². The first-order valence-corrected chi connectivity index (χ1v) is 7.77. The fourth-order valence-electron chi connectivity index (χ4n) is 2.27. The Hall–Kier alpha value is -2.37. The highest BCUT2D eigenvalue weighted by Crippen LogP contribution is 2.33. The lowest BCUT2D eigenvalue weighted by Crippen LogP contribution is -2.16. The highest BCUT2D eigenvalue weighted by molar-refractivity contribution is 5.73. The zero-order valence-corrected chi connectivity index (χ0v) is 13.4. The monoisotopic (exact) mass is 339 g/mol. The molecular weight excluding hydrogens is 319 g/mol. The molecule has 2 rings (SSSR count). The van der Waals surface area contributed by atoms with Crippen LogP contribution >= 0.6 is 0 Å². The molecule has 0 aromatic heterocycles. The van der Waals surface area contributed by atoms with Gasteiger partial charge in [-0.2, -0.15) is 0 Å². The third kappa shape index (κ3) is 5.37. The van der Waals surface area contributed by atoms with Crippen LogP contribution in [0.2, 0.25) is 0 Å². The molecular formula is C18H20F3NO2. The van der Waals surface area contributed by atoms with Crippen molar-refractivity contribution in [2.75, 3.05) is 12.3 Å². The molecule has 0 atom stereocenters. The van der Waals surface area contributed by atoms with E-state index in [-0.39, 0.29) is 5.75 Å². The molecule has 6 heteroatoms. The molecule has 24 heavy (non-hydrogen) atoms. The molecule has 2 aromatic rings. The number of rotatable bonds is 7. The number of hydrogen-bond donors (Lipinski definition) is 1. The van der Waals surface area contributed by atoms with Crippen LogP contribution in [0.15, 0.2) is 42.5 Å². The molecule has 0 amide bonds. The minimum atomic E-state index is -4.70. The summed E-state index contributed by atoms with van der Waals surface area (Å²) in [5.74, 6) is 0.364. The van der Waals surface area contributed by atoms with Gasteiger partial charge in [0.05, 0.1) is 6.61 Å². The minimum Gasteiger partial charge on any atom is -0.493 e. The van der Waals surface area contributed by atoms with Gasteiger partial charge >= 0.3 is 6.36 Å². The van der Waals surface area contributed by atoms with Crippen molar-refractivity contribution in [3.8, 4) is 22.6 Å². The van der Waals surface area contributed by atoms with E-state index < -0.39 is 6.36 Å². The lowest BCUT2D eigenvalue weighted by atomic mass is 10.0. The zero-order chi connectivity index (χ0) is 17.6. The molecule has 0 aliphatic carbocycles. The van der Waals surface area contributed by atoms with Gasteiger partial charge in [-0.25, -0.2) is 0 Å². The van der Waals surface area contributed by atoms with E-state index in [1.165, 1.54) is 12.1 Å². The first-order valence-electron chi connectivity index (χ1n) is 7.77. The van der Waals surface area contributed by atoms with Crippen molar-refractivity contribution in [3.63, 3.8) is 0 Å². The Morgan fingerprint density at radius 3 is 2.33 bits per heavy atom. The van der Waals surface area contributed by atoms with Crippen LogP contribution in [0.4, 0.5) is 18.9 Å². The van der Waals surface area contributed by atoms with Gasteiger partial charge in [-0.15, -0.1) is 13.2 Å². The van der Waals surface area contributed by atoms with Gasteiger partial charge in [0, 0.05) is 17.3 Å². The summed E-state index contributed by atoms with van der Waals surface area (Å²) in [7, 11) is 0. The summed E-state index contributed by atoms with van der Waals surface area (Å²) in [4.78, 5) is 0. The lowest BCUT2D eigenvalue weighted by Gasteiger charge is -2.13. The normalized spacial score (nSPS) is 11.3. The van der Waals surface area contributed by atoms with Gasteiger partial charge < -0.3 is 15.2 Å². The predicted octanol–water partition coefficient (Wildman–Crippen LogP) is 5.40. The summed E-state index contributed by atoms with van der Waals surface area (Å²) < 4.78 is 46.3. The Balaban J connectivity index is 2.18. The number of benzene rings is 2. The van der Waals surface area contributed by atoms with Crippen LogP contribution in [0, 0.1) is 0 Å². The number of ether oxygens (including phenoxy) is 2. The van der Waals surface area contributed by atoms with Crippen LogP contribution < -0.4 is 15.2 Å². The van der Waals surface area contributed by atoms with E-state index >= 15 is 0 Å². The molecule has 3 nitrogen and oxygen atoms in total. The second kappa shape index (κ2) is 7.95. The van der Waals surface area contributed by atoms with Gasteiger partial charge in [-0.05, 0) is 36.2 Å². The highest BCUT2D eigenvalue weighted by atomic mass is 19.4. The molecule has 0 radical (unpaired) electrons. The molecule has 2 aromatic carbocycles. The number of unbranched alkanes of at least 4 members (excludes halogenated alkanes) is 2. The summed E-state index contributed by atoms with van der Waals surface area (Å²) in [6.45, 7) is 2.68.